The Morgan fingerprint density at radius 1 is 1.47 bits per heavy atom. The van der Waals surface area contributed by atoms with Crippen LogP contribution in [0.4, 0.5) is 5.69 Å². The Balaban J connectivity index is 3.05. The maximum atomic E-state index is 12.1. The number of nitro groups is 1. The molecule has 0 atom stereocenters. The van der Waals surface area contributed by atoms with Crippen molar-refractivity contribution in [2.24, 2.45) is 0 Å². The molecule has 0 bridgehead atoms. The second kappa shape index (κ2) is 6.21. The number of halogens is 2. The highest BCUT2D eigenvalue weighted by Crippen LogP contribution is 2.23. The summed E-state index contributed by atoms with van der Waals surface area (Å²) in [7, 11) is 0. The number of carbonyl (C=O) groups excluding carboxylic acids is 1. The Morgan fingerprint density at radius 2 is 2.11 bits per heavy atom. The molecule has 19 heavy (non-hydrogen) atoms. The number of nitrogens with zero attached hydrogens (tertiary/aromatic N) is 1. The molecule has 0 saturated heterocycles. The summed E-state index contributed by atoms with van der Waals surface area (Å²) in [5.74, 6) is -0.158. The molecule has 1 aromatic rings. The average molecular weight is 305 g/mol. The van der Waals surface area contributed by atoms with E-state index in [9.17, 15) is 14.9 Å². The van der Waals surface area contributed by atoms with E-state index in [1.807, 2.05) is 0 Å². The molecule has 0 aromatic heterocycles. The standard InChI is InChI=1S/C12H14Cl2N2O3/c1-12(2,5-6-13)15-11(17)9-7-8(14)3-4-10(9)16(18)19/h3-4,7H,5-6H2,1-2H3,(H,15,17). The molecule has 0 saturated carbocycles. The summed E-state index contributed by atoms with van der Waals surface area (Å²) in [5.41, 5.74) is -0.876. The summed E-state index contributed by atoms with van der Waals surface area (Å²) in [5, 5.41) is 13.9. The predicted molar refractivity (Wildman–Crippen MR) is 75.0 cm³/mol. The fraction of sp³-hybridized carbons (Fsp3) is 0.417. The van der Waals surface area contributed by atoms with Crippen molar-refractivity contribution in [3.63, 3.8) is 0 Å². The summed E-state index contributed by atoms with van der Waals surface area (Å²) in [4.78, 5) is 22.4. The van der Waals surface area contributed by atoms with Gasteiger partial charge in [0.15, 0.2) is 0 Å². The van der Waals surface area contributed by atoms with Gasteiger partial charge in [0, 0.05) is 22.5 Å². The number of nitro benzene ring substituents is 1. The molecule has 1 rings (SSSR count). The van der Waals surface area contributed by atoms with Gasteiger partial charge in [-0.1, -0.05) is 11.6 Å². The zero-order valence-electron chi connectivity index (χ0n) is 10.6. The van der Waals surface area contributed by atoms with Crippen LogP contribution in [0, 0.1) is 10.1 Å². The first-order chi connectivity index (χ1) is 8.76. The lowest BCUT2D eigenvalue weighted by molar-refractivity contribution is -0.385. The molecular weight excluding hydrogens is 291 g/mol. The normalized spacial score (nSPS) is 11.2. The zero-order valence-corrected chi connectivity index (χ0v) is 12.1. The minimum atomic E-state index is -0.611. The molecule has 5 nitrogen and oxygen atoms in total. The van der Waals surface area contributed by atoms with E-state index < -0.39 is 16.4 Å². The Hall–Kier alpha value is -1.33. The minimum absolute atomic E-state index is 0.0554. The van der Waals surface area contributed by atoms with Crippen LogP contribution in [0.5, 0.6) is 0 Å². The van der Waals surface area contributed by atoms with Gasteiger partial charge in [0.05, 0.1) is 4.92 Å². The Morgan fingerprint density at radius 3 is 2.63 bits per heavy atom. The van der Waals surface area contributed by atoms with Crippen molar-refractivity contribution in [2.45, 2.75) is 25.8 Å². The molecule has 0 aliphatic heterocycles. The highest BCUT2D eigenvalue weighted by Gasteiger charge is 2.25. The van der Waals surface area contributed by atoms with Crippen LogP contribution in [0.3, 0.4) is 0 Å². The lowest BCUT2D eigenvalue weighted by Gasteiger charge is -2.25. The van der Waals surface area contributed by atoms with Gasteiger partial charge in [-0.05, 0) is 32.4 Å². The average Bonchev–Trinajstić information content (AvgIpc) is 2.27. The van der Waals surface area contributed by atoms with Crippen LogP contribution in [0.2, 0.25) is 5.02 Å². The van der Waals surface area contributed by atoms with Gasteiger partial charge in [0.2, 0.25) is 0 Å². The van der Waals surface area contributed by atoms with E-state index in [0.717, 1.165) is 0 Å². The highest BCUT2D eigenvalue weighted by atomic mass is 35.5. The van der Waals surface area contributed by atoms with Crippen molar-refractivity contribution >= 4 is 34.8 Å². The molecule has 0 unspecified atom stereocenters. The number of amides is 1. The number of benzene rings is 1. The second-order valence-electron chi connectivity index (χ2n) is 4.70. The van der Waals surface area contributed by atoms with Crippen LogP contribution in [-0.4, -0.2) is 22.2 Å². The molecule has 0 aliphatic rings. The van der Waals surface area contributed by atoms with Gasteiger partial charge >= 0.3 is 0 Å². The maximum Gasteiger partial charge on any atom is 0.282 e. The molecule has 0 fully saturated rings. The van der Waals surface area contributed by atoms with E-state index in [4.69, 9.17) is 23.2 Å². The fourth-order valence-electron chi connectivity index (χ4n) is 1.52. The monoisotopic (exact) mass is 304 g/mol. The van der Waals surface area contributed by atoms with Gasteiger partial charge in [-0.3, -0.25) is 14.9 Å². The molecule has 0 spiro atoms. The van der Waals surface area contributed by atoms with Crippen LogP contribution in [0.15, 0.2) is 18.2 Å². The van der Waals surface area contributed by atoms with E-state index in [-0.39, 0.29) is 16.3 Å². The van der Waals surface area contributed by atoms with E-state index in [2.05, 4.69) is 5.32 Å². The molecule has 0 radical (unpaired) electrons. The van der Waals surface area contributed by atoms with Crippen molar-refractivity contribution in [3.8, 4) is 0 Å². The van der Waals surface area contributed by atoms with Crippen LogP contribution in [0.25, 0.3) is 0 Å². The number of nitrogens with one attached hydrogen (secondary N) is 1. The third-order valence-electron chi connectivity index (χ3n) is 2.57. The van der Waals surface area contributed by atoms with E-state index in [1.54, 1.807) is 13.8 Å². The minimum Gasteiger partial charge on any atom is -0.347 e. The first kappa shape index (κ1) is 15.7. The third-order valence-corrected chi connectivity index (χ3v) is 3.00. The smallest absolute Gasteiger partial charge is 0.282 e. The van der Waals surface area contributed by atoms with Gasteiger partial charge in [0.25, 0.3) is 11.6 Å². The molecule has 1 aromatic carbocycles. The third kappa shape index (κ3) is 4.36. The molecule has 1 N–H and O–H groups in total. The molecule has 0 aliphatic carbocycles. The lowest BCUT2D eigenvalue weighted by atomic mass is 10.0. The van der Waals surface area contributed by atoms with Crippen molar-refractivity contribution in [1.82, 2.24) is 5.32 Å². The van der Waals surface area contributed by atoms with E-state index in [0.29, 0.717) is 12.3 Å². The molecule has 7 heteroatoms. The van der Waals surface area contributed by atoms with E-state index in [1.165, 1.54) is 18.2 Å². The number of alkyl halides is 1. The molecule has 104 valence electrons. The Kier molecular flexibility index (Phi) is 5.14. The number of carbonyl (C=O) groups is 1. The second-order valence-corrected chi connectivity index (χ2v) is 5.51. The largest absolute Gasteiger partial charge is 0.347 e. The number of rotatable bonds is 5. The van der Waals surface area contributed by atoms with Gasteiger partial charge < -0.3 is 5.32 Å². The highest BCUT2D eigenvalue weighted by molar-refractivity contribution is 6.31. The van der Waals surface area contributed by atoms with Crippen molar-refractivity contribution in [3.05, 3.63) is 38.9 Å². The molecular formula is C12H14Cl2N2O3. The summed E-state index contributed by atoms with van der Waals surface area (Å²) < 4.78 is 0. The van der Waals surface area contributed by atoms with Gasteiger partial charge in [-0.25, -0.2) is 0 Å². The molecule has 0 heterocycles. The summed E-state index contributed by atoms with van der Waals surface area (Å²) >= 11 is 11.4. The predicted octanol–water partition coefficient (Wildman–Crippen LogP) is 3.39. The lowest BCUT2D eigenvalue weighted by Crippen LogP contribution is -2.43. The Labute approximate surface area is 121 Å². The van der Waals surface area contributed by atoms with Gasteiger partial charge in [-0.2, -0.15) is 0 Å². The van der Waals surface area contributed by atoms with Crippen LogP contribution < -0.4 is 5.32 Å². The van der Waals surface area contributed by atoms with Gasteiger partial charge in [-0.15, -0.1) is 11.6 Å². The van der Waals surface area contributed by atoms with Gasteiger partial charge in [0.1, 0.15) is 5.56 Å². The van der Waals surface area contributed by atoms with Crippen molar-refractivity contribution < 1.29 is 9.72 Å². The van der Waals surface area contributed by atoms with Crippen LogP contribution in [0.1, 0.15) is 30.6 Å². The summed E-state index contributed by atoms with van der Waals surface area (Å²) in [6, 6.07) is 3.87. The van der Waals surface area contributed by atoms with Crippen LogP contribution >= 0.6 is 23.2 Å². The number of hydrogen-bond donors (Lipinski definition) is 1. The van der Waals surface area contributed by atoms with E-state index >= 15 is 0 Å². The van der Waals surface area contributed by atoms with Crippen molar-refractivity contribution in [1.29, 1.82) is 0 Å². The quantitative estimate of drug-likeness (QED) is 0.515. The zero-order chi connectivity index (χ0) is 14.6. The Bertz CT molecular complexity index is 504. The first-order valence-electron chi connectivity index (χ1n) is 5.59. The summed E-state index contributed by atoms with van der Waals surface area (Å²) in [6.07, 6.45) is 0.550. The van der Waals surface area contributed by atoms with Crippen LogP contribution in [-0.2, 0) is 0 Å². The summed E-state index contributed by atoms with van der Waals surface area (Å²) in [6.45, 7) is 3.59. The first-order valence-corrected chi connectivity index (χ1v) is 6.50. The topological polar surface area (TPSA) is 72.2 Å². The SMILES string of the molecule is CC(C)(CCCl)NC(=O)c1cc(Cl)ccc1[N+](=O)[O-]. The number of hydrogen-bond acceptors (Lipinski definition) is 3. The maximum absolute atomic E-state index is 12.1. The fourth-order valence-corrected chi connectivity index (χ4v) is 2.17. The van der Waals surface area contributed by atoms with Crippen molar-refractivity contribution in [2.75, 3.05) is 5.88 Å². The molecule has 1 amide bonds.